The monoisotopic (exact) mass is 389 g/mol. The first kappa shape index (κ1) is 20.9. The summed E-state index contributed by atoms with van der Waals surface area (Å²) in [6, 6.07) is 8.39. The molecule has 0 amide bonds. The van der Waals surface area contributed by atoms with Crippen molar-refractivity contribution < 1.29 is 14.2 Å². The normalized spacial score (nSPS) is 20.9. The van der Waals surface area contributed by atoms with Crippen LogP contribution in [-0.4, -0.2) is 51.6 Å². The Balaban J connectivity index is 1.30. The Morgan fingerprint density at radius 3 is 2.61 bits per heavy atom. The fourth-order valence-electron chi connectivity index (χ4n) is 3.64. The molecule has 1 saturated heterocycles. The van der Waals surface area contributed by atoms with Gasteiger partial charge in [-0.25, -0.2) is 0 Å². The molecule has 2 fully saturated rings. The van der Waals surface area contributed by atoms with Gasteiger partial charge in [0.2, 0.25) is 0 Å². The lowest BCUT2D eigenvalue weighted by Crippen LogP contribution is -2.37. The van der Waals surface area contributed by atoms with E-state index in [0.717, 1.165) is 57.5 Å². The third kappa shape index (κ3) is 7.32. The van der Waals surface area contributed by atoms with Crippen molar-refractivity contribution in [1.82, 2.24) is 10.6 Å². The zero-order chi connectivity index (χ0) is 19.4. The summed E-state index contributed by atoms with van der Waals surface area (Å²) in [5.41, 5.74) is 1.21. The number of ether oxygens (including phenoxy) is 3. The lowest BCUT2D eigenvalue weighted by Gasteiger charge is -2.23. The van der Waals surface area contributed by atoms with Crippen LogP contribution in [0.4, 0.5) is 0 Å². The van der Waals surface area contributed by atoms with Crippen LogP contribution in [0.3, 0.4) is 0 Å². The number of guanidine groups is 1. The molecule has 6 heteroatoms. The molecule has 1 aliphatic heterocycles. The highest BCUT2D eigenvalue weighted by atomic mass is 16.5. The lowest BCUT2D eigenvalue weighted by molar-refractivity contribution is 0.0420. The van der Waals surface area contributed by atoms with Gasteiger partial charge in [0.15, 0.2) is 5.96 Å². The van der Waals surface area contributed by atoms with Crippen molar-refractivity contribution in [2.45, 2.75) is 63.7 Å². The summed E-state index contributed by atoms with van der Waals surface area (Å²) in [4.78, 5) is 4.28. The Bertz CT molecular complexity index is 579. The molecule has 1 atom stereocenters. The Hall–Kier alpha value is -1.79. The molecule has 1 heterocycles. The maximum atomic E-state index is 6.09. The SMILES string of the molecule is CN=C(NCCCOC1CCOC1)NCc1ccc(OC2CCCCC2)cc1. The standard InChI is InChI=1S/C22H35N3O3/c1-23-22(24-13-5-14-27-21-12-15-26-17-21)25-16-18-8-10-20(11-9-18)28-19-6-3-2-4-7-19/h8-11,19,21H,2-7,12-17H2,1H3,(H2,23,24,25). The van der Waals surface area contributed by atoms with Gasteiger partial charge in [0.1, 0.15) is 5.75 Å². The van der Waals surface area contributed by atoms with Crippen LogP contribution in [0.5, 0.6) is 5.75 Å². The van der Waals surface area contributed by atoms with Gasteiger partial charge in [-0.2, -0.15) is 0 Å². The van der Waals surface area contributed by atoms with Crippen molar-refractivity contribution in [3.05, 3.63) is 29.8 Å². The van der Waals surface area contributed by atoms with E-state index in [2.05, 4.69) is 39.9 Å². The van der Waals surface area contributed by atoms with E-state index in [4.69, 9.17) is 14.2 Å². The molecule has 2 aliphatic rings. The molecule has 28 heavy (non-hydrogen) atoms. The summed E-state index contributed by atoms with van der Waals surface area (Å²) in [7, 11) is 1.79. The molecule has 156 valence electrons. The molecule has 3 rings (SSSR count). The van der Waals surface area contributed by atoms with Crippen LogP contribution in [0, 0.1) is 0 Å². The highest BCUT2D eigenvalue weighted by Crippen LogP contribution is 2.23. The van der Waals surface area contributed by atoms with Gasteiger partial charge in [0, 0.05) is 33.4 Å². The van der Waals surface area contributed by atoms with Crippen molar-refractivity contribution in [2.24, 2.45) is 4.99 Å². The Morgan fingerprint density at radius 2 is 1.89 bits per heavy atom. The van der Waals surface area contributed by atoms with E-state index in [1.54, 1.807) is 7.05 Å². The number of hydrogen-bond acceptors (Lipinski definition) is 4. The number of nitrogens with one attached hydrogen (secondary N) is 2. The van der Waals surface area contributed by atoms with Crippen molar-refractivity contribution in [1.29, 1.82) is 0 Å². The fourth-order valence-corrected chi connectivity index (χ4v) is 3.64. The predicted molar refractivity (Wildman–Crippen MR) is 112 cm³/mol. The van der Waals surface area contributed by atoms with Gasteiger partial charge in [-0.3, -0.25) is 4.99 Å². The maximum absolute atomic E-state index is 6.09. The van der Waals surface area contributed by atoms with E-state index in [0.29, 0.717) is 6.10 Å². The van der Waals surface area contributed by atoms with Gasteiger partial charge in [-0.15, -0.1) is 0 Å². The second-order valence-electron chi connectivity index (χ2n) is 7.58. The molecule has 0 radical (unpaired) electrons. The lowest BCUT2D eigenvalue weighted by atomic mass is 9.98. The first-order chi connectivity index (χ1) is 13.8. The molecule has 1 aliphatic carbocycles. The third-order valence-corrected chi connectivity index (χ3v) is 5.32. The molecule has 0 spiro atoms. The molecule has 1 aromatic carbocycles. The summed E-state index contributed by atoms with van der Waals surface area (Å²) in [6.45, 7) is 3.88. The quantitative estimate of drug-likeness (QED) is 0.386. The van der Waals surface area contributed by atoms with Crippen molar-refractivity contribution in [2.75, 3.05) is 33.4 Å². The summed E-state index contributed by atoms with van der Waals surface area (Å²) < 4.78 is 17.2. The summed E-state index contributed by atoms with van der Waals surface area (Å²) >= 11 is 0. The minimum atomic E-state index is 0.280. The second kappa shape index (κ2) is 11.9. The molecule has 0 aromatic heterocycles. The average molecular weight is 390 g/mol. The zero-order valence-corrected chi connectivity index (χ0v) is 17.1. The summed E-state index contributed by atoms with van der Waals surface area (Å²) in [5, 5.41) is 6.69. The van der Waals surface area contributed by atoms with E-state index in [9.17, 15) is 0 Å². The minimum absolute atomic E-state index is 0.280. The fraction of sp³-hybridized carbons (Fsp3) is 0.682. The third-order valence-electron chi connectivity index (χ3n) is 5.32. The summed E-state index contributed by atoms with van der Waals surface area (Å²) in [6.07, 6.45) is 8.94. The van der Waals surface area contributed by atoms with E-state index < -0.39 is 0 Å². The van der Waals surface area contributed by atoms with E-state index in [-0.39, 0.29) is 6.10 Å². The molecule has 1 unspecified atom stereocenters. The second-order valence-corrected chi connectivity index (χ2v) is 7.58. The van der Waals surface area contributed by atoms with Crippen LogP contribution >= 0.6 is 0 Å². The van der Waals surface area contributed by atoms with Crippen LogP contribution < -0.4 is 15.4 Å². The molecule has 6 nitrogen and oxygen atoms in total. The van der Waals surface area contributed by atoms with Gasteiger partial charge in [0.25, 0.3) is 0 Å². The van der Waals surface area contributed by atoms with E-state index >= 15 is 0 Å². The van der Waals surface area contributed by atoms with Gasteiger partial charge < -0.3 is 24.8 Å². The van der Waals surface area contributed by atoms with Crippen LogP contribution in [0.15, 0.2) is 29.3 Å². The van der Waals surface area contributed by atoms with E-state index in [1.807, 2.05) is 0 Å². The van der Waals surface area contributed by atoms with Gasteiger partial charge >= 0.3 is 0 Å². The predicted octanol–water partition coefficient (Wildman–Crippen LogP) is 3.26. The minimum Gasteiger partial charge on any atom is -0.490 e. The van der Waals surface area contributed by atoms with Gasteiger partial charge in [-0.1, -0.05) is 18.6 Å². The number of nitrogens with zero attached hydrogens (tertiary/aromatic N) is 1. The molecule has 0 bridgehead atoms. The van der Waals surface area contributed by atoms with Gasteiger partial charge in [-0.05, 0) is 56.2 Å². The maximum Gasteiger partial charge on any atom is 0.191 e. The number of aliphatic imine (C=N–C) groups is 1. The first-order valence-corrected chi connectivity index (χ1v) is 10.7. The van der Waals surface area contributed by atoms with Crippen molar-refractivity contribution >= 4 is 5.96 Å². The first-order valence-electron chi connectivity index (χ1n) is 10.7. The van der Waals surface area contributed by atoms with Crippen LogP contribution in [0.25, 0.3) is 0 Å². The highest BCUT2D eigenvalue weighted by Gasteiger charge is 2.15. The molecular weight excluding hydrogens is 354 g/mol. The van der Waals surface area contributed by atoms with Crippen LogP contribution in [-0.2, 0) is 16.0 Å². The molecular formula is C22H35N3O3. The highest BCUT2D eigenvalue weighted by molar-refractivity contribution is 5.79. The Labute approximate surface area is 169 Å². The number of benzene rings is 1. The molecule has 2 N–H and O–H groups in total. The van der Waals surface area contributed by atoms with Crippen LogP contribution in [0.1, 0.15) is 50.5 Å². The smallest absolute Gasteiger partial charge is 0.191 e. The van der Waals surface area contributed by atoms with Crippen LogP contribution in [0.2, 0.25) is 0 Å². The zero-order valence-electron chi connectivity index (χ0n) is 17.1. The average Bonchev–Trinajstić information content (AvgIpc) is 3.25. The summed E-state index contributed by atoms with van der Waals surface area (Å²) in [5.74, 6) is 1.79. The largest absolute Gasteiger partial charge is 0.490 e. The van der Waals surface area contributed by atoms with E-state index in [1.165, 1.54) is 37.7 Å². The van der Waals surface area contributed by atoms with Crippen molar-refractivity contribution in [3.63, 3.8) is 0 Å². The molecule has 1 saturated carbocycles. The topological polar surface area (TPSA) is 64.1 Å². The number of hydrogen-bond donors (Lipinski definition) is 2. The number of rotatable bonds is 9. The van der Waals surface area contributed by atoms with Crippen molar-refractivity contribution in [3.8, 4) is 5.75 Å². The Kier molecular flexibility index (Phi) is 8.91. The van der Waals surface area contributed by atoms with Gasteiger partial charge in [0.05, 0.1) is 18.8 Å². The molecule has 1 aromatic rings. The Morgan fingerprint density at radius 1 is 1.07 bits per heavy atom.